The van der Waals surface area contributed by atoms with E-state index in [9.17, 15) is 32.6 Å². The van der Waals surface area contributed by atoms with Crippen molar-refractivity contribution in [1.82, 2.24) is 9.62 Å². The molecule has 1 aliphatic rings. The van der Waals surface area contributed by atoms with E-state index < -0.39 is 45.2 Å². The summed E-state index contributed by atoms with van der Waals surface area (Å²) in [5.74, 6) is -3.91. The minimum atomic E-state index is -3.86. The highest BCUT2D eigenvalue weighted by atomic mass is 32.2. The molecule has 9 nitrogen and oxygen atoms in total. The molecule has 3 rings (SSSR count). The van der Waals surface area contributed by atoms with Crippen LogP contribution in [0.1, 0.15) is 36.9 Å². The first-order valence-corrected chi connectivity index (χ1v) is 14.3. The standard InChI is InChI=1S/C28H34FN3O6S/c1-18(20-11-13-21(29)14-12-20)31-26(34)25-22(10-7-15-33)24(32(2)39(3,37)38)16-23(27(35)36)28(25,30)17-19-8-5-4-6-9-19/h4-6,8-9,11-14,16,18,23,33H,7,10,15,17,30H2,1-3H3,(H,31,34)(H,35,36)/t18-,23?,28?/m1/s1. The molecule has 39 heavy (non-hydrogen) atoms. The van der Waals surface area contributed by atoms with Gasteiger partial charge in [0.25, 0.3) is 0 Å². The van der Waals surface area contributed by atoms with Crippen molar-refractivity contribution in [3.05, 3.63) is 94.5 Å². The summed E-state index contributed by atoms with van der Waals surface area (Å²) in [5, 5.41) is 22.7. The molecule has 1 aliphatic carbocycles. The molecular weight excluding hydrogens is 525 g/mol. The molecule has 0 aliphatic heterocycles. The Morgan fingerprint density at radius 2 is 1.77 bits per heavy atom. The van der Waals surface area contributed by atoms with Crippen LogP contribution in [-0.4, -0.2) is 60.3 Å². The van der Waals surface area contributed by atoms with Gasteiger partial charge in [0.1, 0.15) is 5.82 Å². The van der Waals surface area contributed by atoms with Gasteiger partial charge in [-0.1, -0.05) is 42.5 Å². The lowest BCUT2D eigenvalue weighted by molar-refractivity contribution is -0.141. The summed E-state index contributed by atoms with van der Waals surface area (Å²) >= 11 is 0. The first-order chi connectivity index (χ1) is 18.3. The fourth-order valence-corrected chi connectivity index (χ4v) is 5.36. The largest absolute Gasteiger partial charge is 0.481 e. The summed E-state index contributed by atoms with van der Waals surface area (Å²) in [6.07, 6.45) is 2.45. The van der Waals surface area contributed by atoms with E-state index in [1.54, 1.807) is 37.3 Å². The SMILES string of the molecule is C[C@@H](NC(=O)C1=C(CCCO)C(N(C)S(C)(=O)=O)=CC(C(=O)O)C1(N)Cc1ccccc1)c1ccc(F)cc1. The third-order valence-electron chi connectivity index (χ3n) is 6.93. The van der Waals surface area contributed by atoms with Gasteiger partial charge >= 0.3 is 5.97 Å². The molecule has 0 radical (unpaired) electrons. The molecule has 0 saturated carbocycles. The number of hydrogen-bond donors (Lipinski definition) is 4. The van der Waals surface area contributed by atoms with Crippen molar-refractivity contribution in [1.29, 1.82) is 0 Å². The number of aliphatic hydroxyl groups excluding tert-OH is 1. The number of halogens is 1. The Morgan fingerprint density at radius 3 is 2.31 bits per heavy atom. The number of nitrogens with two attached hydrogens (primary N) is 1. The van der Waals surface area contributed by atoms with Crippen molar-refractivity contribution in [3.8, 4) is 0 Å². The third-order valence-corrected chi connectivity index (χ3v) is 8.12. The van der Waals surface area contributed by atoms with Gasteiger partial charge in [-0.3, -0.25) is 13.9 Å². The van der Waals surface area contributed by atoms with Crippen LogP contribution in [0.15, 0.2) is 77.5 Å². The smallest absolute Gasteiger partial charge is 0.312 e. The zero-order valence-electron chi connectivity index (χ0n) is 22.1. The number of benzene rings is 2. The lowest BCUT2D eigenvalue weighted by Gasteiger charge is -2.42. The number of hydrogen-bond acceptors (Lipinski definition) is 6. The van der Waals surface area contributed by atoms with Crippen LogP contribution in [0.2, 0.25) is 0 Å². The second kappa shape index (κ2) is 12.1. The monoisotopic (exact) mass is 559 g/mol. The van der Waals surface area contributed by atoms with Gasteiger partial charge in [0, 0.05) is 19.2 Å². The average Bonchev–Trinajstić information content (AvgIpc) is 2.86. The van der Waals surface area contributed by atoms with E-state index in [0.29, 0.717) is 11.1 Å². The lowest BCUT2D eigenvalue weighted by atomic mass is 9.67. The van der Waals surface area contributed by atoms with Crippen molar-refractivity contribution in [2.45, 2.75) is 37.8 Å². The number of carboxylic acids is 1. The summed E-state index contributed by atoms with van der Waals surface area (Å²) in [5.41, 5.74) is 6.61. The molecule has 2 aromatic rings. The van der Waals surface area contributed by atoms with Crippen LogP contribution in [0.5, 0.6) is 0 Å². The predicted octanol–water partition coefficient (Wildman–Crippen LogP) is 2.50. The molecule has 5 N–H and O–H groups in total. The number of rotatable bonds is 11. The molecule has 210 valence electrons. The number of aliphatic carboxylic acids is 1. The number of carbonyl (C=O) groups excluding carboxylic acids is 1. The number of carbonyl (C=O) groups is 2. The quantitative estimate of drug-likeness (QED) is 0.330. The van der Waals surface area contributed by atoms with Gasteiger partial charge in [0.05, 0.1) is 29.5 Å². The Morgan fingerprint density at radius 1 is 1.15 bits per heavy atom. The van der Waals surface area contributed by atoms with E-state index in [4.69, 9.17) is 5.73 Å². The molecule has 2 unspecified atom stereocenters. The highest BCUT2D eigenvalue weighted by Gasteiger charge is 2.50. The highest BCUT2D eigenvalue weighted by Crippen LogP contribution is 2.42. The maximum atomic E-state index is 14.0. The normalized spacial score (nSPS) is 20.3. The molecule has 2 aromatic carbocycles. The van der Waals surface area contributed by atoms with Gasteiger partial charge in [0.2, 0.25) is 15.9 Å². The fraction of sp³-hybridized carbons (Fsp3) is 0.357. The van der Waals surface area contributed by atoms with Crippen molar-refractivity contribution in [2.24, 2.45) is 11.7 Å². The summed E-state index contributed by atoms with van der Waals surface area (Å²) in [6, 6.07) is 13.8. The van der Waals surface area contributed by atoms with E-state index >= 15 is 0 Å². The van der Waals surface area contributed by atoms with E-state index in [0.717, 1.165) is 10.6 Å². The third kappa shape index (κ3) is 6.73. The van der Waals surface area contributed by atoms with Gasteiger partial charge in [-0.2, -0.15) is 0 Å². The van der Waals surface area contributed by atoms with Crippen LogP contribution >= 0.6 is 0 Å². The zero-order valence-corrected chi connectivity index (χ0v) is 22.9. The second-order valence-corrected chi connectivity index (χ2v) is 11.7. The first kappa shape index (κ1) is 30.0. The topological polar surface area (TPSA) is 150 Å². The zero-order chi connectivity index (χ0) is 29.0. The first-order valence-electron chi connectivity index (χ1n) is 12.4. The second-order valence-electron chi connectivity index (χ2n) is 9.73. The Labute approximate surface area is 227 Å². The van der Waals surface area contributed by atoms with Crippen LogP contribution in [0.4, 0.5) is 4.39 Å². The molecule has 0 saturated heterocycles. The van der Waals surface area contributed by atoms with Crippen molar-refractivity contribution < 1.29 is 32.6 Å². The molecule has 11 heteroatoms. The molecule has 0 bridgehead atoms. The molecule has 0 aromatic heterocycles. The van der Waals surface area contributed by atoms with Crippen LogP contribution in [0.3, 0.4) is 0 Å². The minimum Gasteiger partial charge on any atom is -0.481 e. The Balaban J connectivity index is 2.25. The van der Waals surface area contributed by atoms with Crippen molar-refractivity contribution >= 4 is 21.9 Å². The van der Waals surface area contributed by atoms with E-state index in [1.807, 2.05) is 0 Å². The van der Waals surface area contributed by atoms with Gasteiger partial charge < -0.3 is 21.3 Å². The molecule has 1 amide bonds. The number of amides is 1. The Bertz CT molecular complexity index is 1380. The van der Waals surface area contributed by atoms with Gasteiger partial charge in [-0.15, -0.1) is 0 Å². The minimum absolute atomic E-state index is 0.0204. The number of carboxylic acid groups (broad SMARTS) is 1. The summed E-state index contributed by atoms with van der Waals surface area (Å²) in [6.45, 7) is 1.43. The van der Waals surface area contributed by atoms with Gasteiger partial charge in [-0.05, 0) is 61.1 Å². The molecule has 0 spiro atoms. The summed E-state index contributed by atoms with van der Waals surface area (Å²) in [4.78, 5) is 26.7. The fourth-order valence-electron chi connectivity index (χ4n) is 4.83. The van der Waals surface area contributed by atoms with Gasteiger partial charge in [-0.25, -0.2) is 12.8 Å². The number of nitrogens with zero attached hydrogens (tertiary/aromatic N) is 1. The van der Waals surface area contributed by atoms with Gasteiger partial charge in [0.15, 0.2) is 0 Å². The van der Waals surface area contributed by atoms with E-state index in [2.05, 4.69) is 5.32 Å². The lowest BCUT2D eigenvalue weighted by Crippen LogP contribution is -2.59. The Kier molecular flexibility index (Phi) is 9.31. The number of sulfonamides is 1. The van der Waals surface area contributed by atoms with Crippen LogP contribution in [0, 0.1) is 11.7 Å². The Hall–Kier alpha value is -3.54. The molecular formula is C28H34FN3O6S. The van der Waals surface area contributed by atoms with E-state index in [-0.39, 0.29) is 42.7 Å². The molecule has 0 fully saturated rings. The van der Waals surface area contributed by atoms with Crippen molar-refractivity contribution in [2.75, 3.05) is 19.9 Å². The number of nitrogens with one attached hydrogen (secondary N) is 1. The highest BCUT2D eigenvalue weighted by molar-refractivity contribution is 7.88. The molecule has 0 heterocycles. The maximum absolute atomic E-state index is 14.0. The number of allylic oxidation sites excluding steroid dienone is 1. The van der Waals surface area contributed by atoms with Crippen LogP contribution in [-0.2, 0) is 26.0 Å². The molecule has 3 atom stereocenters. The number of likely N-dealkylation sites (N-methyl/N-ethyl adjacent to an activating group) is 1. The van der Waals surface area contributed by atoms with Crippen molar-refractivity contribution in [3.63, 3.8) is 0 Å². The predicted molar refractivity (Wildman–Crippen MR) is 145 cm³/mol. The van der Waals surface area contributed by atoms with E-state index in [1.165, 1.54) is 37.4 Å². The average molecular weight is 560 g/mol. The van der Waals surface area contributed by atoms with Crippen LogP contribution < -0.4 is 11.1 Å². The summed E-state index contributed by atoms with van der Waals surface area (Å²) in [7, 11) is -2.58. The maximum Gasteiger partial charge on any atom is 0.312 e. The number of aliphatic hydroxyl groups is 1. The summed E-state index contributed by atoms with van der Waals surface area (Å²) < 4.78 is 39.5. The van der Waals surface area contributed by atoms with Crippen LogP contribution in [0.25, 0.3) is 0 Å².